The van der Waals surface area contributed by atoms with Gasteiger partial charge in [0.05, 0.1) is 12.6 Å². The molecule has 1 aliphatic heterocycles. The molecule has 3 rings (SSSR count). The number of hydrogen-bond donors (Lipinski definition) is 3. The standard InChI is InChI=1S/C26H38N4O.HI/c1-4-27-25(29-20-26(2,3)23-8-6-5-7-9-23)28-18-21-10-12-22(13-11-21)19-30-16-14-24(31)15-17-30;/h5-13,24,31H,4,14-20H2,1-3H3,(H2,27,28,29);1H. The minimum atomic E-state index is -0.116. The van der Waals surface area contributed by atoms with Crippen LogP contribution >= 0.6 is 24.0 Å². The van der Waals surface area contributed by atoms with Gasteiger partial charge in [0, 0.05) is 38.1 Å². The van der Waals surface area contributed by atoms with E-state index in [2.05, 4.69) is 90.9 Å². The van der Waals surface area contributed by atoms with E-state index >= 15 is 0 Å². The lowest BCUT2D eigenvalue weighted by molar-refractivity contribution is 0.0792. The monoisotopic (exact) mass is 550 g/mol. The number of hydrogen-bond acceptors (Lipinski definition) is 3. The molecule has 0 aromatic heterocycles. The van der Waals surface area contributed by atoms with Gasteiger partial charge in [-0.05, 0) is 36.5 Å². The lowest BCUT2D eigenvalue weighted by Gasteiger charge is -2.29. The highest BCUT2D eigenvalue weighted by molar-refractivity contribution is 14.0. The van der Waals surface area contributed by atoms with Crippen LogP contribution < -0.4 is 10.6 Å². The summed E-state index contributed by atoms with van der Waals surface area (Å²) < 4.78 is 0. The van der Waals surface area contributed by atoms with Crippen molar-refractivity contribution < 1.29 is 5.11 Å². The summed E-state index contributed by atoms with van der Waals surface area (Å²) >= 11 is 0. The Labute approximate surface area is 210 Å². The van der Waals surface area contributed by atoms with Gasteiger partial charge in [-0.15, -0.1) is 24.0 Å². The number of benzene rings is 2. The van der Waals surface area contributed by atoms with Crippen LogP contribution in [0.2, 0.25) is 0 Å². The lowest BCUT2D eigenvalue weighted by atomic mass is 9.85. The van der Waals surface area contributed by atoms with Crippen LogP contribution in [0.4, 0.5) is 0 Å². The predicted molar refractivity (Wildman–Crippen MR) is 145 cm³/mol. The van der Waals surface area contributed by atoms with Crippen molar-refractivity contribution in [3.8, 4) is 0 Å². The number of guanidine groups is 1. The minimum absolute atomic E-state index is 0. The fraction of sp³-hybridized carbons (Fsp3) is 0.500. The Hall–Kier alpha value is -1.64. The van der Waals surface area contributed by atoms with Gasteiger partial charge in [0.2, 0.25) is 0 Å². The zero-order chi connectivity index (χ0) is 22.1. The molecule has 0 spiro atoms. The number of likely N-dealkylation sites (tertiary alicyclic amines) is 1. The van der Waals surface area contributed by atoms with Gasteiger partial charge in [-0.2, -0.15) is 0 Å². The third-order valence-electron chi connectivity index (χ3n) is 6.00. The quantitative estimate of drug-likeness (QED) is 0.261. The number of nitrogens with zero attached hydrogens (tertiary/aromatic N) is 2. The van der Waals surface area contributed by atoms with Gasteiger partial charge < -0.3 is 15.7 Å². The number of rotatable bonds is 8. The van der Waals surface area contributed by atoms with E-state index in [9.17, 15) is 5.11 Å². The molecule has 1 heterocycles. The van der Waals surface area contributed by atoms with Gasteiger partial charge in [0.25, 0.3) is 0 Å². The van der Waals surface area contributed by atoms with Crippen molar-refractivity contribution in [1.82, 2.24) is 15.5 Å². The molecule has 0 bridgehead atoms. The number of halogens is 1. The van der Waals surface area contributed by atoms with E-state index in [1.165, 1.54) is 16.7 Å². The third kappa shape index (κ3) is 8.37. The summed E-state index contributed by atoms with van der Waals surface area (Å²) in [7, 11) is 0. The molecule has 1 fully saturated rings. The van der Waals surface area contributed by atoms with Gasteiger partial charge >= 0.3 is 0 Å². The highest BCUT2D eigenvalue weighted by atomic mass is 127. The Kier molecular flexibility index (Phi) is 10.9. The molecule has 176 valence electrons. The summed E-state index contributed by atoms with van der Waals surface area (Å²) in [6.45, 7) is 11.8. The van der Waals surface area contributed by atoms with Crippen LogP contribution in [-0.2, 0) is 18.5 Å². The van der Waals surface area contributed by atoms with Crippen molar-refractivity contribution in [3.05, 3.63) is 71.3 Å². The molecular formula is C26H39IN4O. The molecule has 0 saturated carbocycles. The number of aliphatic hydroxyl groups is 1. The topological polar surface area (TPSA) is 59.9 Å². The third-order valence-corrected chi connectivity index (χ3v) is 6.00. The first kappa shape index (κ1) is 26.6. The predicted octanol–water partition coefficient (Wildman–Crippen LogP) is 4.29. The first-order valence-electron chi connectivity index (χ1n) is 11.5. The molecule has 1 saturated heterocycles. The highest BCUT2D eigenvalue weighted by Crippen LogP contribution is 2.21. The molecule has 2 aromatic carbocycles. The maximum absolute atomic E-state index is 9.66. The highest BCUT2D eigenvalue weighted by Gasteiger charge is 2.20. The summed E-state index contributed by atoms with van der Waals surface area (Å²) in [5, 5.41) is 16.5. The van der Waals surface area contributed by atoms with E-state index in [1.807, 2.05) is 0 Å². The Bertz CT molecular complexity index is 815. The molecule has 0 aliphatic carbocycles. The zero-order valence-electron chi connectivity index (χ0n) is 19.7. The molecule has 0 unspecified atom stereocenters. The van der Waals surface area contributed by atoms with E-state index in [1.54, 1.807) is 0 Å². The van der Waals surface area contributed by atoms with Crippen LogP contribution in [0.15, 0.2) is 59.6 Å². The molecule has 2 aromatic rings. The van der Waals surface area contributed by atoms with E-state index in [0.29, 0.717) is 6.54 Å². The summed E-state index contributed by atoms with van der Waals surface area (Å²) in [4.78, 5) is 7.21. The first-order valence-corrected chi connectivity index (χ1v) is 11.5. The number of aliphatic imine (C=N–C) groups is 1. The molecule has 6 heteroatoms. The van der Waals surface area contributed by atoms with Crippen molar-refractivity contribution in [1.29, 1.82) is 0 Å². The Balaban J connectivity index is 0.00000363. The van der Waals surface area contributed by atoms with E-state index in [-0.39, 0.29) is 35.5 Å². The van der Waals surface area contributed by atoms with Gasteiger partial charge in [0.15, 0.2) is 5.96 Å². The summed E-state index contributed by atoms with van der Waals surface area (Å²) in [6.07, 6.45) is 1.65. The van der Waals surface area contributed by atoms with E-state index in [4.69, 9.17) is 4.99 Å². The molecule has 0 radical (unpaired) electrons. The number of nitrogens with one attached hydrogen (secondary N) is 2. The second-order valence-electron chi connectivity index (χ2n) is 9.12. The Morgan fingerprint density at radius 2 is 1.62 bits per heavy atom. The molecule has 0 atom stereocenters. The lowest BCUT2D eigenvalue weighted by Crippen LogP contribution is -2.43. The molecule has 0 amide bonds. The van der Waals surface area contributed by atoms with Crippen molar-refractivity contribution in [3.63, 3.8) is 0 Å². The first-order chi connectivity index (χ1) is 15.0. The van der Waals surface area contributed by atoms with Crippen molar-refractivity contribution in [2.24, 2.45) is 4.99 Å². The van der Waals surface area contributed by atoms with Gasteiger partial charge in [0.1, 0.15) is 0 Å². The second-order valence-corrected chi connectivity index (χ2v) is 9.12. The largest absolute Gasteiger partial charge is 0.393 e. The van der Waals surface area contributed by atoms with Crippen LogP contribution in [0.25, 0.3) is 0 Å². The molecule has 5 nitrogen and oxygen atoms in total. The summed E-state index contributed by atoms with van der Waals surface area (Å²) in [6, 6.07) is 19.4. The molecule has 1 aliphatic rings. The molecule has 3 N–H and O–H groups in total. The van der Waals surface area contributed by atoms with Gasteiger partial charge in [-0.3, -0.25) is 4.90 Å². The Morgan fingerprint density at radius 1 is 1.00 bits per heavy atom. The fourth-order valence-electron chi connectivity index (χ4n) is 3.89. The van der Waals surface area contributed by atoms with Crippen LogP contribution in [0.1, 0.15) is 50.3 Å². The van der Waals surface area contributed by atoms with Gasteiger partial charge in [-0.1, -0.05) is 68.4 Å². The minimum Gasteiger partial charge on any atom is -0.393 e. The van der Waals surface area contributed by atoms with Crippen molar-refractivity contribution >= 4 is 29.9 Å². The number of aliphatic hydroxyl groups excluding tert-OH is 1. The van der Waals surface area contributed by atoms with Crippen LogP contribution in [0.3, 0.4) is 0 Å². The summed E-state index contributed by atoms with van der Waals surface area (Å²) in [5.41, 5.74) is 3.86. The molecular weight excluding hydrogens is 511 g/mol. The smallest absolute Gasteiger partial charge is 0.191 e. The number of piperidine rings is 1. The van der Waals surface area contributed by atoms with E-state index < -0.39 is 0 Å². The fourth-order valence-corrected chi connectivity index (χ4v) is 3.89. The average Bonchev–Trinajstić information content (AvgIpc) is 2.79. The van der Waals surface area contributed by atoms with Crippen LogP contribution in [-0.4, -0.2) is 48.2 Å². The maximum Gasteiger partial charge on any atom is 0.191 e. The van der Waals surface area contributed by atoms with Crippen molar-refractivity contribution in [2.75, 3.05) is 26.2 Å². The summed E-state index contributed by atoms with van der Waals surface area (Å²) in [5.74, 6) is 0.849. The van der Waals surface area contributed by atoms with Crippen molar-refractivity contribution in [2.45, 2.75) is 58.2 Å². The zero-order valence-corrected chi connectivity index (χ0v) is 22.0. The molecule has 32 heavy (non-hydrogen) atoms. The SMILES string of the molecule is CCNC(=NCc1ccc(CN2CCC(O)CC2)cc1)NCC(C)(C)c1ccccc1.I. The Morgan fingerprint density at radius 3 is 2.25 bits per heavy atom. The van der Waals surface area contributed by atoms with Gasteiger partial charge in [-0.25, -0.2) is 4.99 Å². The van der Waals surface area contributed by atoms with E-state index in [0.717, 1.165) is 51.5 Å². The van der Waals surface area contributed by atoms with Crippen LogP contribution in [0, 0.1) is 0 Å². The average molecular weight is 551 g/mol. The second kappa shape index (κ2) is 13.2. The van der Waals surface area contributed by atoms with Crippen LogP contribution in [0.5, 0.6) is 0 Å². The normalized spacial score (nSPS) is 15.8. The maximum atomic E-state index is 9.66.